The second-order valence-corrected chi connectivity index (χ2v) is 7.78. The molecule has 1 aromatic heterocycles. The Kier molecular flexibility index (Phi) is 4.35. The Hall–Kier alpha value is -3.31. The molecule has 146 valence electrons. The van der Waals surface area contributed by atoms with Crippen LogP contribution in [-0.4, -0.2) is 16.0 Å². The maximum atomic E-state index is 13.5. The van der Waals surface area contributed by atoms with Crippen LogP contribution in [0.4, 0.5) is 30.4 Å². The lowest BCUT2D eigenvalue weighted by Crippen LogP contribution is -2.14. The molecule has 1 aliphatic heterocycles. The van der Waals surface area contributed by atoms with Crippen molar-refractivity contribution in [3.8, 4) is 11.3 Å². The van der Waals surface area contributed by atoms with E-state index in [9.17, 15) is 13.2 Å². The highest BCUT2D eigenvalue weighted by molar-refractivity contribution is 5.87. The van der Waals surface area contributed by atoms with Crippen LogP contribution in [0.3, 0.4) is 0 Å². The van der Waals surface area contributed by atoms with Gasteiger partial charge in [0, 0.05) is 5.56 Å². The van der Waals surface area contributed by atoms with Crippen LogP contribution < -0.4 is 4.58 Å². The lowest BCUT2D eigenvalue weighted by Gasteiger charge is -2.18. The summed E-state index contributed by atoms with van der Waals surface area (Å²) in [6.45, 7) is 6.28. The van der Waals surface area contributed by atoms with Crippen molar-refractivity contribution in [3.05, 3.63) is 66.0 Å². The van der Waals surface area contributed by atoms with Gasteiger partial charge in [-0.25, -0.2) is 4.98 Å². The highest BCUT2D eigenvalue weighted by Crippen LogP contribution is 2.41. The van der Waals surface area contributed by atoms with Gasteiger partial charge in [-0.3, -0.25) is 0 Å². The highest BCUT2D eigenvalue weighted by Gasteiger charge is 2.42. The Morgan fingerprint density at radius 1 is 0.862 bits per heavy atom. The van der Waals surface area contributed by atoms with Crippen LogP contribution in [0, 0.1) is 0 Å². The van der Waals surface area contributed by atoms with Crippen molar-refractivity contribution in [3.63, 3.8) is 0 Å². The van der Waals surface area contributed by atoms with E-state index >= 15 is 0 Å². The summed E-state index contributed by atoms with van der Waals surface area (Å²) in [5.74, 6) is -1.14. The summed E-state index contributed by atoms with van der Waals surface area (Å²) in [6.07, 6.45) is -4.68. The van der Waals surface area contributed by atoms with Crippen molar-refractivity contribution in [1.82, 2.24) is 14.5 Å². The summed E-state index contributed by atoms with van der Waals surface area (Å²) in [5.41, 5.74) is 2.64. The average molecular weight is 395 g/mol. The van der Waals surface area contributed by atoms with E-state index in [0.29, 0.717) is 11.3 Å². The highest BCUT2D eigenvalue weighted by atomic mass is 19.4. The third-order valence-electron chi connectivity index (χ3n) is 4.63. The Bertz CT molecular complexity index is 1140. The van der Waals surface area contributed by atoms with Crippen LogP contribution in [0.15, 0.2) is 59.6 Å². The zero-order valence-corrected chi connectivity index (χ0v) is 16.1. The van der Waals surface area contributed by atoms with Gasteiger partial charge in [0.15, 0.2) is 0 Å². The van der Waals surface area contributed by atoms with Gasteiger partial charge in [-0.05, 0) is 28.1 Å². The summed E-state index contributed by atoms with van der Waals surface area (Å²) in [7, 11) is 0. The second kappa shape index (κ2) is 6.64. The number of aromatic nitrogens is 2. The van der Waals surface area contributed by atoms with Gasteiger partial charge in [0.1, 0.15) is 11.4 Å². The third kappa shape index (κ3) is 3.57. The van der Waals surface area contributed by atoms with E-state index in [0.717, 1.165) is 5.56 Å². The van der Waals surface area contributed by atoms with Gasteiger partial charge in [-0.1, -0.05) is 68.2 Å². The molecule has 0 radical (unpaired) electrons. The molecule has 2 heterocycles. The van der Waals surface area contributed by atoms with Gasteiger partial charge in [-0.2, -0.15) is 17.7 Å². The lowest BCUT2D eigenvalue weighted by atomic mass is 9.87. The number of hydrogen-bond donors (Lipinski definition) is 0. The first-order chi connectivity index (χ1) is 13.6. The number of aliphatic imine (C=N–C) groups is 1. The summed E-state index contributed by atoms with van der Waals surface area (Å²) in [5, 5.41) is 0. The number of halogens is 3. The molecule has 0 unspecified atom stereocenters. The summed E-state index contributed by atoms with van der Waals surface area (Å²) < 4.78 is 41.8. The Labute approximate surface area is 166 Å². The van der Waals surface area contributed by atoms with Gasteiger partial charge in [0.2, 0.25) is 6.01 Å². The van der Waals surface area contributed by atoms with Crippen molar-refractivity contribution in [1.29, 1.82) is 0 Å². The first kappa shape index (κ1) is 19.0. The van der Waals surface area contributed by atoms with Crippen molar-refractivity contribution in [2.24, 2.45) is 4.99 Å². The molecule has 3 aromatic rings. The first-order valence-electron chi connectivity index (χ1n) is 9.06. The largest absolute Gasteiger partial charge is 0.468 e. The maximum Gasteiger partial charge on any atom is 0.468 e. The van der Waals surface area contributed by atoms with E-state index in [1.165, 1.54) is 4.58 Å². The summed E-state index contributed by atoms with van der Waals surface area (Å²) in [6, 6.07) is 19.0. The maximum absolute atomic E-state index is 13.5. The molecule has 1 aliphatic rings. The van der Waals surface area contributed by atoms with Crippen LogP contribution in [0.2, 0.25) is 0 Å². The van der Waals surface area contributed by atoms with E-state index in [2.05, 4.69) is 41.7 Å². The van der Waals surface area contributed by atoms with E-state index in [4.69, 9.17) is 0 Å². The molecule has 2 aromatic carbocycles. The molecule has 0 fully saturated rings. The molecule has 0 N–H and O–H groups in total. The van der Waals surface area contributed by atoms with Gasteiger partial charge >= 0.3 is 17.8 Å². The van der Waals surface area contributed by atoms with Crippen molar-refractivity contribution in [2.45, 2.75) is 32.4 Å². The predicted molar refractivity (Wildman–Crippen MR) is 106 cm³/mol. The van der Waals surface area contributed by atoms with E-state index in [1.807, 2.05) is 24.3 Å². The molecule has 0 aliphatic carbocycles. The minimum Gasteiger partial charge on any atom is -0.205 e. The molecule has 0 saturated carbocycles. The monoisotopic (exact) mass is 395 g/mol. The molecule has 0 spiro atoms. The second-order valence-electron chi connectivity index (χ2n) is 7.78. The number of nitrogens with zero attached hydrogens (tertiary/aromatic N) is 4. The normalized spacial score (nSPS) is 13.4. The molecule has 0 saturated heterocycles. The number of rotatable bonds is 2. The molecule has 0 atom stereocenters. The number of benzene rings is 2. The number of alkyl halides is 3. The Morgan fingerprint density at radius 2 is 1.52 bits per heavy atom. The molecule has 7 heteroatoms. The summed E-state index contributed by atoms with van der Waals surface area (Å²) >= 11 is 0. The van der Waals surface area contributed by atoms with Crippen LogP contribution in [-0.2, 0) is 11.6 Å². The van der Waals surface area contributed by atoms with Crippen LogP contribution in [0.25, 0.3) is 11.3 Å². The first-order valence-corrected chi connectivity index (χ1v) is 9.06. The van der Waals surface area contributed by atoms with E-state index in [1.54, 1.807) is 30.3 Å². The lowest BCUT2D eigenvalue weighted by molar-refractivity contribution is -0.144. The summed E-state index contributed by atoms with van der Waals surface area (Å²) in [4.78, 5) is 11.7. The van der Waals surface area contributed by atoms with Crippen molar-refractivity contribution >= 4 is 23.2 Å². The minimum absolute atomic E-state index is 0.0364. The fourth-order valence-corrected chi connectivity index (χ4v) is 3.06. The predicted octanol–water partition coefficient (Wildman–Crippen LogP) is 6.11. The zero-order chi connectivity index (χ0) is 20.8. The Morgan fingerprint density at radius 3 is 2.10 bits per heavy atom. The number of hydrogen-bond acceptors (Lipinski definition) is 3. The Balaban J connectivity index is 1.86. The quantitative estimate of drug-likeness (QED) is 0.384. The minimum atomic E-state index is -4.68. The zero-order valence-electron chi connectivity index (χ0n) is 16.1. The SMILES string of the molecule is CC(C)(C)c1ccc([N+]2=C=Nc3c(-c4ccccc4)nc(C(F)(F)F)nc32)cc1. The molecule has 4 rings (SSSR count). The van der Waals surface area contributed by atoms with Gasteiger partial charge in [-0.15, -0.1) is 0 Å². The smallest absolute Gasteiger partial charge is 0.205 e. The topological polar surface area (TPSA) is 41.1 Å². The van der Waals surface area contributed by atoms with E-state index < -0.39 is 12.0 Å². The average Bonchev–Trinajstić information content (AvgIpc) is 3.11. The molecule has 0 amide bonds. The van der Waals surface area contributed by atoms with Gasteiger partial charge in [0.05, 0.1) is 0 Å². The fourth-order valence-electron chi connectivity index (χ4n) is 3.06. The van der Waals surface area contributed by atoms with Crippen molar-refractivity contribution in [2.75, 3.05) is 0 Å². The molecule has 4 nitrogen and oxygen atoms in total. The standard InChI is InChI=1S/C22H18F3N4/c1-21(2,3)15-9-11-16(12-10-15)29-13-26-18-17(14-7-5-4-6-8-14)27-20(22(23,24)25)28-19(18)29/h4-12H,1-3H3/q+1. The van der Waals surface area contributed by atoms with Crippen molar-refractivity contribution < 1.29 is 13.2 Å². The molecule has 0 bridgehead atoms. The van der Waals surface area contributed by atoms with Gasteiger partial charge in [0.25, 0.3) is 5.69 Å². The number of fused-ring (bicyclic) bond motifs is 1. The fraction of sp³-hybridized carbons (Fsp3) is 0.227. The third-order valence-corrected chi connectivity index (χ3v) is 4.63. The van der Waals surface area contributed by atoms with E-state index in [-0.39, 0.29) is 22.6 Å². The molecular formula is C22H18F3N4+. The van der Waals surface area contributed by atoms with Crippen LogP contribution in [0.5, 0.6) is 0 Å². The molecular weight excluding hydrogens is 377 g/mol. The van der Waals surface area contributed by atoms with Gasteiger partial charge < -0.3 is 0 Å². The molecule has 29 heavy (non-hydrogen) atoms. The van der Waals surface area contributed by atoms with Crippen LogP contribution >= 0.6 is 0 Å². The van der Waals surface area contributed by atoms with Crippen LogP contribution in [0.1, 0.15) is 32.2 Å².